The number of amides is 3. The number of rotatable bonds is 17. The fourth-order valence-electron chi connectivity index (χ4n) is 3.32. The van der Waals surface area contributed by atoms with Gasteiger partial charge in [0.05, 0.1) is 19.4 Å². The van der Waals surface area contributed by atoms with Crippen LogP contribution in [-0.2, 0) is 33.5 Å². The maximum absolute atomic E-state index is 12.3. The van der Waals surface area contributed by atoms with Gasteiger partial charge in [-0.05, 0) is 25.7 Å². The molecule has 0 aromatic carbocycles. The molecule has 0 aromatic heterocycles. The molecule has 32 heavy (non-hydrogen) atoms. The number of nitrogens with zero attached hydrogens (tertiary/aromatic N) is 1. The topological polar surface area (TPSA) is 147 Å². The molecule has 1 atom stereocenters. The second-order valence-corrected chi connectivity index (χ2v) is 7.67. The first-order valence-corrected chi connectivity index (χ1v) is 10.9. The highest BCUT2D eigenvalue weighted by atomic mass is 16.5. The summed E-state index contributed by atoms with van der Waals surface area (Å²) in [4.78, 5) is 70.2. The number of esters is 1. The number of Topliss-reactive ketones (excluding diaryl/α,β-unsaturated/α-hetero) is 1. The maximum Gasteiger partial charge on any atom is 0.309 e. The quantitative estimate of drug-likeness (QED) is 0.191. The molecule has 0 radical (unpaired) electrons. The lowest BCUT2D eigenvalue weighted by molar-refractivity contribution is -0.147. The first-order valence-electron chi connectivity index (χ1n) is 10.9. The molecule has 10 heteroatoms. The van der Waals surface area contributed by atoms with Crippen LogP contribution < -0.4 is 5.32 Å². The Bertz CT molecular complexity index is 713. The van der Waals surface area contributed by atoms with Gasteiger partial charge in [-0.25, -0.2) is 0 Å². The predicted molar refractivity (Wildman–Crippen MR) is 113 cm³/mol. The molecule has 178 valence electrons. The molecule has 1 unspecified atom stereocenters. The number of carbonyl (C=O) groups is 6. The monoisotopic (exact) mass is 452 g/mol. The van der Waals surface area contributed by atoms with Crippen LogP contribution in [-0.4, -0.2) is 65.6 Å². The average molecular weight is 453 g/mol. The molecule has 10 nitrogen and oxygen atoms in total. The third kappa shape index (κ3) is 10.8. The smallest absolute Gasteiger partial charge is 0.309 e. The predicted octanol–water partition coefficient (Wildman–Crippen LogP) is 1.37. The van der Waals surface area contributed by atoms with Crippen LogP contribution in [0.1, 0.15) is 64.2 Å². The molecule has 0 saturated heterocycles. The number of imide groups is 1. The number of unbranched alkanes of at least 4 members (excludes halogenated alkanes) is 3. The largest absolute Gasteiger partial charge is 0.481 e. The number of nitrogens with one attached hydrogen (secondary N) is 1. The summed E-state index contributed by atoms with van der Waals surface area (Å²) < 4.78 is 4.79. The first kappa shape index (κ1) is 27.0. The van der Waals surface area contributed by atoms with Crippen LogP contribution in [0.5, 0.6) is 0 Å². The van der Waals surface area contributed by atoms with Crippen molar-refractivity contribution in [3.05, 3.63) is 12.2 Å². The third-order valence-corrected chi connectivity index (χ3v) is 5.11. The van der Waals surface area contributed by atoms with Gasteiger partial charge in [0.15, 0.2) is 0 Å². The molecule has 2 N–H and O–H groups in total. The highest BCUT2D eigenvalue weighted by molar-refractivity contribution is 6.12. The summed E-state index contributed by atoms with van der Waals surface area (Å²) in [5, 5.41) is 11.2. The Kier molecular flexibility index (Phi) is 12.5. The SMILES string of the molecule is COC(=O)C(CCCCNC(=O)CCC(=O)O)CC(=O)CCCCCN1C(=O)C=CC1=O. The van der Waals surface area contributed by atoms with Gasteiger partial charge in [0.2, 0.25) is 5.91 Å². The molecule has 0 aliphatic carbocycles. The number of carbonyl (C=O) groups excluding carboxylic acids is 5. The van der Waals surface area contributed by atoms with Crippen molar-refractivity contribution >= 4 is 35.4 Å². The fourth-order valence-corrected chi connectivity index (χ4v) is 3.32. The Morgan fingerprint density at radius 1 is 0.969 bits per heavy atom. The van der Waals surface area contributed by atoms with Crippen molar-refractivity contribution < 1.29 is 38.6 Å². The van der Waals surface area contributed by atoms with Gasteiger partial charge in [0.1, 0.15) is 5.78 Å². The van der Waals surface area contributed by atoms with Crippen LogP contribution in [0, 0.1) is 5.92 Å². The molecule has 0 aromatic rings. The van der Waals surface area contributed by atoms with E-state index in [9.17, 15) is 28.8 Å². The Balaban J connectivity index is 2.21. The standard InChI is InChI=1S/C22H32N2O8/c1-32-22(31)16(7-4-5-13-23-18(26)9-12-21(29)30)15-17(25)8-3-2-6-14-24-19(27)10-11-20(24)28/h10-11,16H,2-9,12-15H2,1H3,(H,23,26)(H,29,30). The molecule has 0 bridgehead atoms. The van der Waals surface area contributed by atoms with Gasteiger partial charge in [-0.1, -0.05) is 12.8 Å². The van der Waals surface area contributed by atoms with Crippen molar-refractivity contribution in [3.8, 4) is 0 Å². The number of hydrogen-bond acceptors (Lipinski definition) is 7. The molecule has 3 amide bonds. The lowest BCUT2D eigenvalue weighted by Gasteiger charge is -2.15. The Labute approximate surface area is 187 Å². The van der Waals surface area contributed by atoms with E-state index in [1.54, 1.807) is 0 Å². The molecule has 0 spiro atoms. The lowest BCUT2D eigenvalue weighted by atomic mass is 9.94. The van der Waals surface area contributed by atoms with E-state index in [1.165, 1.54) is 24.2 Å². The fraction of sp³-hybridized carbons (Fsp3) is 0.636. The van der Waals surface area contributed by atoms with Gasteiger partial charge in [0.25, 0.3) is 11.8 Å². The minimum absolute atomic E-state index is 0.0441. The molecule has 1 aliphatic heterocycles. The Morgan fingerprint density at radius 3 is 2.28 bits per heavy atom. The number of carboxylic acid groups (broad SMARTS) is 1. The average Bonchev–Trinajstić information content (AvgIpc) is 3.07. The van der Waals surface area contributed by atoms with Crippen molar-refractivity contribution in [2.45, 2.75) is 64.2 Å². The van der Waals surface area contributed by atoms with E-state index in [1.807, 2.05) is 0 Å². The van der Waals surface area contributed by atoms with E-state index in [-0.39, 0.29) is 42.8 Å². The van der Waals surface area contributed by atoms with E-state index < -0.39 is 17.9 Å². The van der Waals surface area contributed by atoms with Crippen molar-refractivity contribution in [2.75, 3.05) is 20.2 Å². The molecular formula is C22H32N2O8. The molecule has 1 aliphatic rings. The third-order valence-electron chi connectivity index (χ3n) is 5.11. The number of carboxylic acids is 1. The van der Waals surface area contributed by atoms with E-state index >= 15 is 0 Å². The lowest BCUT2D eigenvalue weighted by Crippen LogP contribution is -2.30. The van der Waals surface area contributed by atoms with E-state index in [4.69, 9.17) is 9.84 Å². The van der Waals surface area contributed by atoms with Crippen molar-refractivity contribution in [3.63, 3.8) is 0 Å². The van der Waals surface area contributed by atoms with Gasteiger partial charge < -0.3 is 15.2 Å². The summed E-state index contributed by atoms with van der Waals surface area (Å²) in [6.45, 7) is 0.703. The summed E-state index contributed by atoms with van der Waals surface area (Å²) in [6.07, 6.45) is 6.17. The van der Waals surface area contributed by atoms with Crippen LogP contribution in [0.4, 0.5) is 0 Å². The second-order valence-electron chi connectivity index (χ2n) is 7.67. The number of methoxy groups -OCH3 is 1. The highest BCUT2D eigenvalue weighted by Crippen LogP contribution is 2.17. The summed E-state index contributed by atoms with van der Waals surface area (Å²) in [6, 6.07) is 0. The van der Waals surface area contributed by atoms with Crippen LogP contribution >= 0.6 is 0 Å². The molecule has 0 saturated carbocycles. The minimum Gasteiger partial charge on any atom is -0.481 e. The van der Waals surface area contributed by atoms with E-state index in [2.05, 4.69) is 5.32 Å². The molecule has 1 heterocycles. The summed E-state index contributed by atoms with van der Waals surface area (Å²) in [5.41, 5.74) is 0. The normalized spacial score (nSPS) is 13.8. The van der Waals surface area contributed by atoms with E-state index in [0.29, 0.717) is 58.0 Å². The second kappa shape index (κ2) is 14.9. The van der Waals surface area contributed by atoms with Crippen LogP contribution in [0.2, 0.25) is 0 Å². The maximum atomic E-state index is 12.3. The number of aliphatic carboxylic acids is 1. The number of hydrogen-bond donors (Lipinski definition) is 2. The summed E-state index contributed by atoms with van der Waals surface area (Å²) in [5.74, 6) is -3.01. The Hall–Kier alpha value is -3.04. The van der Waals surface area contributed by atoms with Gasteiger partial charge in [-0.3, -0.25) is 33.7 Å². The zero-order valence-corrected chi connectivity index (χ0v) is 18.5. The highest BCUT2D eigenvalue weighted by Gasteiger charge is 2.23. The zero-order valence-electron chi connectivity index (χ0n) is 18.5. The van der Waals surface area contributed by atoms with Gasteiger partial charge in [-0.2, -0.15) is 0 Å². The molecule has 1 rings (SSSR count). The van der Waals surface area contributed by atoms with Crippen molar-refractivity contribution in [1.29, 1.82) is 0 Å². The van der Waals surface area contributed by atoms with Crippen molar-refractivity contribution in [1.82, 2.24) is 10.2 Å². The molecular weight excluding hydrogens is 420 g/mol. The number of ketones is 1. The zero-order chi connectivity index (χ0) is 23.9. The van der Waals surface area contributed by atoms with Crippen LogP contribution in [0.15, 0.2) is 12.2 Å². The van der Waals surface area contributed by atoms with Gasteiger partial charge in [0, 0.05) is 44.5 Å². The van der Waals surface area contributed by atoms with Gasteiger partial charge >= 0.3 is 11.9 Å². The van der Waals surface area contributed by atoms with Crippen LogP contribution in [0.25, 0.3) is 0 Å². The van der Waals surface area contributed by atoms with E-state index in [0.717, 1.165) is 0 Å². The van der Waals surface area contributed by atoms with Gasteiger partial charge in [-0.15, -0.1) is 0 Å². The summed E-state index contributed by atoms with van der Waals surface area (Å²) in [7, 11) is 1.28. The van der Waals surface area contributed by atoms with Crippen LogP contribution in [0.3, 0.4) is 0 Å². The number of ether oxygens (including phenoxy) is 1. The molecule has 0 fully saturated rings. The van der Waals surface area contributed by atoms with Crippen molar-refractivity contribution in [2.24, 2.45) is 5.92 Å². The first-order chi connectivity index (χ1) is 15.2. The Morgan fingerprint density at radius 2 is 1.66 bits per heavy atom. The minimum atomic E-state index is -1.03. The summed E-state index contributed by atoms with van der Waals surface area (Å²) >= 11 is 0.